The van der Waals surface area contributed by atoms with Crippen LogP contribution in [0.5, 0.6) is 11.5 Å². The first-order chi connectivity index (χ1) is 13.4. The molecule has 0 bridgehead atoms. The fourth-order valence-electron chi connectivity index (χ4n) is 3.05. The minimum absolute atomic E-state index is 0.162. The topological polar surface area (TPSA) is 65.1 Å². The van der Waals surface area contributed by atoms with Gasteiger partial charge in [0.05, 0.1) is 19.8 Å². The normalized spacial score (nSPS) is 12.9. The van der Waals surface area contributed by atoms with Gasteiger partial charge < -0.3 is 19.1 Å². The Bertz CT molecular complexity index is 918. The Labute approximate surface area is 170 Å². The van der Waals surface area contributed by atoms with E-state index in [0.717, 1.165) is 17.2 Å². The summed E-state index contributed by atoms with van der Waals surface area (Å²) >= 11 is 3.12. The molecule has 0 aromatic heterocycles. The van der Waals surface area contributed by atoms with Crippen molar-refractivity contribution in [2.45, 2.75) is 13.0 Å². The van der Waals surface area contributed by atoms with Crippen molar-refractivity contribution >= 4 is 27.8 Å². The van der Waals surface area contributed by atoms with Crippen molar-refractivity contribution in [3.8, 4) is 11.5 Å². The first-order valence-electron chi connectivity index (χ1n) is 8.56. The lowest BCUT2D eigenvalue weighted by atomic mass is 9.99. The van der Waals surface area contributed by atoms with Crippen molar-refractivity contribution in [2.24, 2.45) is 0 Å². The number of nitrogens with zero attached hydrogens (tertiary/aromatic N) is 1. The lowest BCUT2D eigenvalue weighted by Crippen LogP contribution is -2.38. The predicted molar refractivity (Wildman–Crippen MR) is 103 cm³/mol. The van der Waals surface area contributed by atoms with Crippen molar-refractivity contribution in [1.29, 1.82) is 0 Å². The summed E-state index contributed by atoms with van der Waals surface area (Å²) in [5.41, 5.74) is 2.22. The predicted octanol–water partition coefficient (Wildman–Crippen LogP) is 3.35. The molecule has 1 heterocycles. The van der Waals surface area contributed by atoms with E-state index in [1.165, 1.54) is 12.1 Å². The first-order valence-corrected chi connectivity index (χ1v) is 9.36. The molecule has 0 fully saturated rings. The fourth-order valence-corrected chi connectivity index (χ4v) is 3.56. The van der Waals surface area contributed by atoms with Gasteiger partial charge in [-0.3, -0.25) is 4.79 Å². The molecule has 0 radical (unpaired) electrons. The summed E-state index contributed by atoms with van der Waals surface area (Å²) in [6, 6.07) is 7.41. The van der Waals surface area contributed by atoms with E-state index in [0.29, 0.717) is 31.0 Å². The largest absolute Gasteiger partial charge is 0.493 e. The van der Waals surface area contributed by atoms with Crippen LogP contribution in [0, 0.1) is 5.82 Å². The zero-order chi connectivity index (χ0) is 20.3. The summed E-state index contributed by atoms with van der Waals surface area (Å²) in [7, 11) is 3.14. The molecule has 6 nitrogen and oxygen atoms in total. The summed E-state index contributed by atoms with van der Waals surface area (Å²) < 4.78 is 29.1. The van der Waals surface area contributed by atoms with Crippen LogP contribution in [0.2, 0.25) is 0 Å². The van der Waals surface area contributed by atoms with Gasteiger partial charge in [-0.05, 0) is 63.8 Å². The average molecular weight is 452 g/mol. The molecular formula is C20H19BrFNO5. The molecule has 1 aliphatic rings. The molecule has 0 atom stereocenters. The molecule has 0 saturated heterocycles. The van der Waals surface area contributed by atoms with Crippen LogP contribution in [-0.4, -0.2) is 44.1 Å². The zero-order valence-corrected chi connectivity index (χ0v) is 17.0. The van der Waals surface area contributed by atoms with E-state index in [1.54, 1.807) is 19.1 Å². The monoisotopic (exact) mass is 451 g/mol. The van der Waals surface area contributed by atoms with E-state index in [-0.39, 0.29) is 22.6 Å². The number of hydrogen-bond acceptors (Lipinski definition) is 5. The van der Waals surface area contributed by atoms with Gasteiger partial charge in [0.15, 0.2) is 18.1 Å². The van der Waals surface area contributed by atoms with Crippen LogP contribution in [0.4, 0.5) is 4.39 Å². The number of methoxy groups -OCH3 is 2. The molecular weight excluding hydrogens is 433 g/mol. The van der Waals surface area contributed by atoms with E-state index in [9.17, 15) is 14.0 Å². The van der Waals surface area contributed by atoms with E-state index in [2.05, 4.69) is 15.9 Å². The second-order valence-electron chi connectivity index (χ2n) is 6.24. The molecule has 2 aromatic rings. The molecule has 28 heavy (non-hydrogen) atoms. The number of carbonyl (C=O) groups excluding carboxylic acids is 2. The van der Waals surface area contributed by atoms with Gasteiger partial charge in [0.2, 0.25) is 0 Å². The molecule has 8 heteroatoms. The Kier molecular flexibility index (Phi) is 6.18. The molecule has 3 rings (SSSR count). The maximum atomic E-state index is 13.1. The number of benzene rings is 2. The van der Waals surface area contributed by atoms with Gasteiger partial charge in [-0.25, -0.2) is 9.18 Å². The smallest absolute Gasteiger partial charge is 0.339 e. The quantitative estimate of drug-likeness (QED) is 0.652. The highest BCUT2D eigenvalue weighted by molar-refractivity contribution is 9.10. The Morgan fingerprint density at radius 3 is 2.43 bits per heavy atom. The van der Waals surface area contributed by atoms with Crippen LogP contribution in [0.15, 0.2) is 34.8 Å². The van der Waals surface area contributed by atoms with Gasteiger partial charge in [0.25, 0.3) is 5.91 Å². The average Bonchev–Trinajstić information content (AvgIpc) is 2.70. The van der Waals surface area contributed by atoms with Crippen LogP contribution in [0.1, 0.15) is 21.5 Å². The summed E-state index contributed by atoms with van der Waals surface area (Å²) in [6.45, 7) is 0.525. The highest BCUT2D eigenvalue weighted by Crippen LogP contribution is 2.33. The van der Waals surface area contributed by atoms with Crippen LogP contribution in [-0.2, 0) is 22.5 Å². The fraction of sp³-hybridized carbons (Fsp3) is 0.300. The second-order valence-corrected chi connectivity index (χ2v) is 7.10. The SMILES string of the molecule is COc1cc2c(cc1OC)CN(C(=O)COC(=O)c1ccc(F)cc1Br)CC2. The lowest BCUT2D eigenvalue weighted by molar-refractivity contribution is -0.135. The molecule has 0 unspecified atom stereocenters. The summed E-state index contributed by atoms with van der Waals surface area (Å²) in [6.07, 6.45) is 0.666. The second kappa shape index (κ2) is 8.60. The van der Waals surface area contributed by atoms with Crippen molar-refractivity contribution in [3.63, 3.8) is 0 Å². The van der Waals surface area contributed by atoms with Crippen molar-refractivity contribution in [3.05, 3.63) is 57.3 Å². The lowest BCUT2D eigenvalue weighted by Gasteiger charge is -2.29. The molecule has 148 valence electrons. The Hall–Kier alpha value is -2.61. The Morgan fingerprint density at radius 2 is 1.79 bits per heavy atom. The maximum Gasteiger partial charge on any atom is 0.339 e. The van der Waals surface area contributed by atoms with E-state index >= 15 is 0 Å². The Morgan fingerprint density at radius 1 is 1.11 bits per heavy atom. The van der Waals surface area contributed by atoms with Crippen LogP contribution >= 0.6 is 15.9 Å². The number of esters is 1. The first kappa shape index (κ1) is 20.1. The van der Waals surface area contributed by atoms with Gasteiger partial charge in [-0.1, -0.05) is 0 Å². The number of fused-ring (bicyclic) bond motifs is 1. The van der Waals surface area contributed by atoms with Gasteiger partial charge in [0.1, 0.15) is 5.82 Å². The molecule has 0 spiro atoms. The molecule has 1 aliphatic heterocycles. The van der Waals surface area contributed by atoms with Crippen molar-refractivity contribution in [2.75, 3.05) is 27.4 Å². The number of amides is 1. The third-order valence-corrected chi connectivity index (χ3v) is 5.20. The van der Waals surface area contributed by atoms with Crippen molar-refractivity contribution < 1.29 is 28.2 Å². The van der Waals surface area contributed by atoms with Crippen LogP contribution < -0.4 is 9.47 Å². The third-order valence-electron chi connectivity index (χ3n) is 4.55. The van der Waals surface area contributed by atoms with Gasteiger partial charge >= 0.3 is 5.97 Å². The minimum atomic E-state index is -0.691. The molecule has 0 saturated carbocycles. The van der Waals surface area contributed by atoms with E-state index in [4.69, 9.17) is 14.2 Å². The minimum Gasteiger partial charge on any atom is -0.493 e. The van der Waals surface area contributed by atoms with Gasteiger partial charge in [-0.15, -0.1) is 0 Å². The molecule has 2 aromatic carbocycles. The highest BCUT2D eigenvalue weighted by Gasteiger charge is 2.24. The third kappa shape index (κ3) is 4.27. The van der Waals surface area contributed by atoms with Crippen LogP contribution in [0.3, 0.4) is 0 Å². The van der Waals surface area contributed by atoms with Gasteiger partial charge in [-0.2, -0.15) is 0 Å². The van der Waals surface area contributed by atoms with E-state index in [1.807, 2.05) is 12.1 Å². The zero-order valence-electron chi connectivity index (χ0n) is 15.5. The number of hydrogen-bond donors (Lipinski definition) is 0. The van der Waals surface area contributed by atoms with Crippen molar-refractivity contribution in [1.82, 2.24) is 4.90 Å². The van der Waals surface area contributed by atoms with Gasteiger partial charge in [0, 0.05) is 17.6 Å². The number of rotatable bonds is 5. The summed E-state index contributed by atoms with van der Waals surface area (Å²) in [4.78, 5) is 26.2. The van der Waals surface area contributed by atoms with Crippen LogP contribution in [0.25, 0.3) is 0 Å². The molecule has 0 N–H and O–H groups in total. The Balaban J connectivity index is 1.64. The number of halogens is 2. The number of carbonyl (C=O) groups is 2. The maximum absolute atomic E-state index is 13.1. The highest BCUT2D eigenvalue weighted by atomic mass is 79.9. The number of ether oxygens (including phenoxy) is 3. The summed E-state index contributed by atoms with van der Waals surface area (Å²) in [5, 5.41) is 0. The standard InChI is InChI=1S/C20H19BrFNO5/c1-26-17-7-12-5-6-23(10-13(12)8-18(17)27-2)19(24)11-28-20(25)15-4-3-14(22)9-16(15)21/h3-4,7-9H,5-6,10-11H2,1-2H3. The van der Waals surface area contributed by atoms with E-state index < -0.39 is 11.8 Å². The molecule has 0 aliphatic carbocycles. The summed E-state index contributed by atoms with van der Waals surface area (Å²) in [5.74, 6) is -0.211. The molecule has 1 amide bonds.